The lowest BCUT2D eigenvalue weighted by molar-refractivity contribution is -0.134. The summed E-state index contributed by atoms with van der Waals surface area (Å²) in [5.41, 5.74) is 0.0667. The molecule has 4 heteroatoms. The molecule has 18 heavy (non-hydrogen) atoms. The van der Waals surface area contributed by atoms with Crippen LogP contribution in [0.1, 0.15) is 33.1 Å². The molecule has 0 spiro atoms. The Morgan fingerprint density at radius 3 is 2.83 bits per heavy atom. The highest BCUT2D eigenvalue weighted by Crippen LogP contribution is 2.20. The zero-order chi connectivity index (χ0) is 13.2. The average Bonchev–Trinajstić information content (AvgIpc) is 2.27. The van der Waals surface area contributed by atoms with Crippen molar-refractivity contribution in [2.45, 2.75) is 38.6 Å². The molecule has 2 heterocycles. The van der Waals surface area contributed by atoms with Crippen molar-refractivity contribution in [2.24, 2.45) is 5.92 Å². The Labute approximate surface area is 111 Å². The Kier molecular flexibility index (Phi) is 4.28. The highest BCUT2D eigenvalue weighted by molar-refractivity contribution is 5.76. The van der Waals surface area contributed by atoms with Gasteiger partial charge in [0.25, 0.3) is 0 Å². The summed E-state index contributed by atoms with van der Waals surface area (Å²) in [7, 11) is 2.16. The van der Waals surface area contributed by atoms with E-state index in [0.717, 1.165) is 32.6 Å². The third kappa shape index (κ3) is 3.69. The standard InChI is InChI=1S/C14H27N3O/c1-14(2)11-17(8-6-15-14)13(18)9-12-5-4-7-16(3)10-12/h12,15H,4-11H2,1-3H3. The summed E-state index contributed by atoms with van der Waals surface area (Å²) < 4.78 is 0. The first-order valence-electron chi connectivity index (χ1n) is 7.18. The van der Waals surface area contributed by atoms with E-state index in [-0.39, 0.29) is 5.54 Å². The van der Waals surface area contributed by atoms with Crippen molar-refractivity contribution < 1.29 is 4.79 Å². The normalized spacial score (nSPS) is 29.3. The number of piperazine rings is 1. The van der Waals surface area contributed by atoms with E-state index in [4.69, 9.17) is 0 Å². The molecule has 1 amide bonds. The second kappa shape index (κ2) is 5.57. The molecule has 2 fully saturated rings. The van der Waals surface area contributed by atoms with Crippen molar-refractivity contribution in [3.8, 4) is 0 Å². The first-order valence-corrected chi connectivity index (χ1v) is 7.18. The van der Waals surface area contributed by atoms with Gasteiger partial charge in [-0.25, -0.2) is 0 Å². The third-order valence-electron chi connectivity index (χ3n) is 4.11. The Balaban J connectivity index is 1.83. The van der Waals surface area contributed by atoms with Crippen LogP contribution in [0.3, 0.4) is 0 Å². The van der Waals surface area contributed by atoms with E-state index in [2.05, 4.69) is 31.1 Å². The van der Waals surface area contributed by atoms with E-state index in [1.807, 2.05) is 4.90 Å². The maximum absolute atomic E-state index is 12.3. The van der Waals surface area contributed by atoms with Gasteiger partial charge in [0.05, 0.1) is 0 Å². The van der Waals surface area contributed by atoms with Crippen molar-refractivity contribution in [3.05, 3.63) is 0 Å². The van der Waals surface area contributed by atoms with Crippen LogP contribution in [-0.4, -0.2) is 61.0 Å². The molecule has 0 bridgehead atoms. The number of amides is 1. The van der Waals surface area contributed by atoms with Gasteiger partial charge in [-0.3, -0.25) is 4.79 Å². The molecule has 4 nitrogen and oxygen atoms in total. The lowest BCUT2D eigenvalue weighted by Crippen LogP contribution is -2.58. The van der Waals surface area contributed by atoms with Crippen molar-refractivity contribution in [1.29, 1.82) is 0 Å². The van der Waals surface area contributed by atoms with Crippen LogP contribution in [0.4, 0.5) is 0 Å². The van der Waals surface area contributed by atoms with Gasteiger partial charge in [-0.05, 0) is 46.2 Å². The second-order valence-corrected chi connectivity index (χ2v) is 6.60. The van der Waals surface area contributed by atoms with E-state index in [1.165, 1.54) is 19.4 Å². The van der Waals surface area contributed by atoms with Crippen LogP contribution in [-0.2, 0) is 4.79 Å². The van der Waals surface area contributed by atoms with Crippen molar-refractivity contribution in [3.63, 3.8) is 0 Å². The van der Waals surface area contributed by atoms with Crippen LogP contribution in [0.15, 0.2) is 0 Å². The van der Waals surface area contributed by atoms with Crippen molar-refractivity contribution >= 4 is 5.91 Å². The van der Waals surface area contributed by atoms with E-state index < -0.39 is 0 Å². The molecule has 0 aromatic carbocycles. The maximum atomic E-state index is 12.3. The Morgan fingerprint density at radius 1 is 1.39 bits per heavy atom. The van der Waals surface area contributed by atoms with Gasteiger partial charge in [0, 0.05) is 38.1 Å². The van der Waals surface area contributed by atoms with E-state index >= 15 is 0 Å². The lowest BCUT2D eigenvalue weighted by atomic mass is 9.93. The quantitative estimate of drug-likeness (QED) is 0.795. The summed E-state index contributed by atoms with van der Waals surface area (Å²) in [6.45, 7) is 9.23. The number of likely N-dealkylation sites (tertiary alicyclic amines) is 1. The number of carbonyl (C=O) groups excluding carboxylic acids is 1. The van der Waals surface area contributed by atoms with Crippen molar-refractivity contribution in [2.75, 3.05) is 39.8 Å². The van der Waals surface area contributed by atoms with Crippen LogP contribution in [0.25, 0.3) is 0 Å². The van der Waals surface area contributed by atoms with Gasteiger partial charge < -0.3 is 15.1 Å². The molecule has 2 aliphatic heterocycles. The average molecular weight is 253 g/mol. The summed E-state index contributed by atoms with van der Waals surface area (Å²) in [5.74, 6) is 0.916. The van der Waals surface area contributed by atoms with Gasteiger partial charge in [-0.15, -0.1) is 0 Å². The van der Waals surface area contributed by atoms with E-state index in [0.29, 0.717) is 11.8 Å². The topological polar surface area (TPSA) is 35.6 Å². The van der Waals surface area contributed by atoms with Gasteiger partial charge in [-0.1, -0.05) is 0 Å². The van der Waals surface area contributed by atoms with E-state index in [1.54, 1.807) is 0 Å². The van der Waals surface area contributed by atoms with E-state index in [9.17, 15) is 4.79 Å². The van der Waals surface area contributed by atoms with Crippen LogP contribution < -0.4 is 5.32 Å². The number of nitrogens with one attached hydrogen (secondary N) is 1. The summed E-state index contributed by atoms with van der Waals surface area (Å²) in [6, 6.07) is 0. The fourth-order valence-electron chi connectivity index (χ4n) is 3.17. The fourth-order valence-corrected chi connectivity index (χ4v) is 3.17. The number of piperidine rings is 1. The molecule has 2 saturated heterocycles. The van der Waals surface area contributed by atoms with Gasteiger partial charge in [0.15, 0.2) is 0 Å². The molecule has 1 unspecified atom stereocenters. The second-order valence-electron chi connectivity index (χ2n) is 6.60. The molecule has 2 aliphatic rings. The number of rotatable bonds is 2. The van der Waals surface area contributed by atoms with Gasteiger partial charge >= 0.3 is 0 Å². The van der Waals surface area contributed by atoms with Gasteiger partial charge in [0.1, 0.15) is 0 Å². The number of carbonyl (C=O) groups is 1. The third-order valence-corrected chi connectivity index (χ3v) is 4.11. The van der Waals surface area contributed by atoms with Crippen LogP contribution in [0, 0.1) is 5.92 Å². The molecule has 0 aromatic heterocycles. The molecule has 1 N–H and O–H groups in total. The van der Waals surface area contributed by atoms with Crippen LogP contribution >= 0.6 is 0 Å². The highest BCUT2D eigenvalue weighted by atomic mass is 16.2. The summed E-state index contributed by atoms with van der Waals surface area (Å²) in [5, 5.41) is 3.45. The molecule has 0 aliphatic carbocycles. The minimum Gasteiger partial charge on any atom is -0.340 e. The largest absolute Gasteiger partial charge is 0.340 e. The molecule has 1 atom stereocenters. The van der Waals surface area contributed by atoms with Gasteiger partial charge in [0.2, 0.25) is 5.91 Å². The zero-order valence-corrected chi connectivity index (χ0v) is 12.0. The highest BCUT2D eigenvalue weighted by Gasteiger charge is 2.30. The molecular weight excluding hydrogens is 226 g/mol. The minimum atomic E-state index is 0.0667. The Hall–Kier alpha value is -0.610. The molecular formula is C14H27N3O. The SMILES string of the molecule is CN1CCCC(CC(=O)N2CCNC(C)(C)C2)C1. The zero-order valence-electron chi connectivity index (χ0n) is 12.0. The molecule has 0 radical (unpaired) electrons. The fraction of sp³-hybridized carbons (Fsp3) is 0.929. The molecule has 0 saturated carbocycles. The first kappa shape index (κ1) is 13.8. The maximum Gasteiger partial charge on any atom is 0.223 e. The summed E-state index contributed by atoms with van der Waals surface area (Å²) in [6.07, 6.45) is 3.19. The predicted octanol–water partition coefficient (Wildman–Crippen LogP) is 0.929. The monoisotopic (exact) mass is 253 g/mol. The van der Waals surface area contributed by atoms with Crippen LogP contribution in [0.2, 0.25) is 0 Å². The van der Waals surface area contributed by atoms with Crippen molar-refractivity contribution in [1.82, 2.24) is 15.1 Å². The van der Waals surface area contributed by atoms with Gasteiger partial charge in [-0.2, -0.15) is 0 Å². The predicted molar refractivity (Wildman–Crippen MR) is 73.5 cm³/mol. The first-order chi connectivity index (χ1) is 8.46. The smallest absolute Gasteiger partial charge is 0.223 e. The number of hydrogen-bond acceptors (Lipinski definition) is 3. The Morgan fingerprint density at radius 2 is 2.17 bits per heavy atom. The molecule has 2 rings (SSSR count). The van der Waals surface area contributed by atoms with Crippen LogP contribution in [0.5, 0.6) is 0 Å². The number of hydrogen-bond donors (Lipinski definition) is 1. The Bertz CT molecular complexity index is 303. The molecule has 0 aromatic rings. The minimum absolute atomic E-state index is 0.0667. The number of nitrogens with zero attached hydrogens (tertiary/aromatic N) is 2. The lowest BCUT2D eigenvalue weighted by Gasteiger charge is -2.40. The summed E-state index contributed by atoms with van der Waals surface area (Å²) in [4.78, 5) is 16.7. The summed E-state index contributed by atoms with van der Waals surface area (Å²) >= 11 is 0. The molecule has 104 valence electrons.